The molecule has 1 aliphatic rings. The van der Waals surface area contributed by atoms with Crippen LogP contribution >= 0.6 is 15.9 Å². The molecule has 1 fully saturated rings. The normalized spacial score (nSPS) is 23.4. The molecule has 0 atom stereocenters. The molecule has 1 aromatic heterocycles. The highest BCUT2D eigenvalue weighted by Crippen LogP contribution is 2.24. The number of nitrogens with two attached hydrogens (primary N) is 1. The van der Waals surface area contributed by atoms with E-state index in [-0.39, 0.29) is 6.10 Å². The summed E-state index contributed by atoms with van der Waals surface area (Å²) in [6, 6.07) is 4.22. The summed E-state index contributed by atoms with van der Waals surface area (Å²) >= 11 is 3.41. The zero-order chi connectivity index (χ0) is 13.0. The maximum atomic E-state index is 10.6. The number of pyridine rings is 1. The van der Waals surface area contributed by atoms with Gasteiger partial charge in [-0.3, -0.25) is 0 Å². The first-order valence-electron chi connectivity index (χ1n) is 5.97. The summed E-state index contributed by atoms with van der Waals surface area (Å²) in [6.45, 7) is 0. The third-order valence-electron chi connectivity index (χ3n) is 3.03. The zero-order valence-electron chi connectivity index (χ0n) is 9.93. The Hall–Kier alpha value is -1.30. The first-order valence-corrected chi connectivity index (χ1v) is 6.77. The molecule has 6 heteroatoms. The lowest BCUT2D eigenvalue weighted by Crippen LogP contribution is -2.32. The highest BCUT2D eigenvalue weighted by Gasteiger charge is 2.23. The average molecular weight is 314 g/mol. The van der Waals surface area contributed by atoms with Crippen LogP contribution in [0.3, 0.4) is 0 Å². The van der Waals surface area contributed by atoms with Gasteiger partial charge in [-0.1, -0.05) is 15.9 Å². The molecular weight excluding hydrogens is 298 g/mol. The molecule has 3 N–H and O–H groups in total. The summed E-state index contributed by atoms with van der Waals surface area (Å²) in [7, 11) is 0. The van der Waals surface area contributed by atoms with Gasteiger partial charge in [0.25, 0.3) is 0 Å². The van der Waals surface area contributed by atoms with E-state index < -0.39 is 6.09 Å². The quantitative estimate of drug-likeness (QED) is 0.899. The van der Waals surface area contributed by atoms with Crippen molar-refractivity contribution >= 4 is 27.8 Å². The summed E-state index contributed by atoms with van der Waals surface area (Å²) in [5, 5.41) is 3.38. The fraction of sp³-hybridized carbons (Fsp3) is 0.500. The molecule has 0 aliphatic heterocycles. The van der Waals surface area contributed by atoms with E-state index in [0.29, 0.717) is 6.04 Å². The molecule has 1 amide bonds. The first-order chi connectivity index (χ1) is 8.63. The van der Waals surface area contributed by atoms with E-state index >= 15 is 0 Å². The number of nitrogens with zero attached hydrogens (tertiary/aromatic N) is 1. The van der Waals surface area contributed by atoms with Gasteiger partial charge in [0.15, 0.2) is 0 Å². The molecule has 0 spiro atoms. The number of amides is 1. The minimum atomic E-state index is -0.680. The number of carbonyl (C=O) groups excluding carboxylic acids is 1. The predicted molar refractivity (Wildman–Crippen MR) is 72.3 cm³/mol. The predicted octanol–water partition coefficient (Wildman–Crippen LogP) is 2.66. The maximum Gasteiger partial charge on any atom is 0.404 e. The summed E-state index contributed by atoms with van der Waals surface area (Å²) in [5.41, 5.74) is 5.01. The van der Waals surface area contributed by atoms with Crippen LogP contribution in [0.15, 0.2) is 22.8 Å². The molecular formula is C12H16BrN3O2. The Morgan fingerprint density at radius 2 is 2.17 bits per heavy atom. The molecule has 18 heavy (non-hydrogen) atoms. The lowest BCUT2D eigenvalue weighted by molar-refractivity contribution is 0.0805. The lowest BCUT2D eigenvalue weighted by atomic mass is 9.93. The van der Waals surface area contributed by atoms with Crippen LogP contribution in [0.5, 0.6) is 0 Å². The Labute approximate surface area is 114 Å². The van der Waals surface area contributed by atoms with Gasteiger partial charge in [0.2, 0.25) is 0 Å². The number of rotatable bonds is 3. The van der Waals surface area contributed by atoms with Crippen molar-refractivity contribution in [3.63, 3.8) is 0 Å². The number of carbonyl (C=O) groups is 1. The van der Waals surface area contributed by atoms with Crippen LogP contribution in [0.1, 0.15) is 25.7 Å². The zero-order valence-corrected chi connectivity index (χ0v) is 11.5. The van der Waals surface area contributed by atoms with E-state index in [1.807, 2.05) is 12.1 Å². The molecule has 98 valence electrons. The Balaban J connectivity index is 1.81. The van der Waals surface area contributed by atoms with Gasteiger partial charge in [0.1, 0.15) is 11.9 Å². The van der Waals surface area contributed by atoms with E-state index in [9.17, 15) is 4.79 Å². The van der Waals surface area contributed by atoms with Crippen molar-refractivity contribution in [2.24, 2.45) is 5.73 Å². The van der Waals surface area contributed by atoms with Crippen molar-refractivity contribution in [3.8, 4) is 0 Å². The number of hydrogen-bond acceptors (Lipinski definition) is 4. The lowest BCUT2D eigenvalue weighted by Gasteiger charge is -2.28. The van der Waals surface area contributed by atoms with Crippen LogP contribution in [0, 0.1) is 0 Å². The third-order valence-corrected chi connectivity index (χ3v) is 3.52. The molecule has 0 radical (unpaired) electrons. The topological polar surface area (TPSA) is 77.2 Å². The van der Waals surface area contributed by atoms with Gasteiger partial charge in [-0.2, -0.15) is 0 Å². The van der Waals surface area contributed by atoms with E-state index in [1.165, 1.54) is 0 Å². The maximum absolute atomic E-state index is 10.6. The second-order valence-corrected chi connectivity index (χ2v) is 5.33. The fourth-order valence-corrected chi connectivity index (χ4v) is 2.52. The van der Waals surface area contributed by atoms with Crippen molar-refractivity contribution in [2.45, 2.75) is 37.8 Å². The van der Waals surface area contributed by atoms with Gasteiger partial charge in [0.05, 0.1) is 0 Å². The SMILES string of the molecule is NC(=O)OC1CCC(Nc2cc(Br)ccn2)CC1. The number of ether oxygens (including phenoxy) is 1. The minimum Gasteiger partial charge on any atom is -0.446 e. The molecule has 0 bridgehead atoms. The van der Waals surface area contributed by atoms with Crippen molar-refractivity contribution < 1.29 is 9.53 Å². The molecule has 0 saturated heterocycles. The number of hydrogen-bond donors (Lipinski definition) is 2. The molecule has 1 saturated carbocycles. The fourth-order valence-electron chi connectivity index (χ4n) is 2.18. The Morgan fingerprint density at radius 3 is 2.78 bits per heavy atom. The highest BCUT2D eigenvalue weighted by atomic mass is 79.9. The van der Waals surface area contributed by atoms with E-state index in [2.05, 4.69) is 26.2 Å². The van der Waals surface area contributed by atoms with E-state index in [1.54, 1.807) is 6.20 Å². The molecule has 1 aromatic rings. The standard InChI is InChI=1S/C12H16BrN3O2/c13-8-5-6-15-11(7-8)16-9-1-3-10(4-2-9)18-12(14)17/h5-7,9-10H,1-4H2,(H2,14,17)(H,15,16). The van der Waals surface area contributed by atoms with Crippen molar-refractivity contribution in [2.75, 3.05) is 5.32 Å². The Bertz CT molecular complexity index is 420. The summed E-state index contributed by atoms with van der Waals surface area (Å²) in [5.74, 6) is 0.864. The van der Waals surface area contributed by atoms with Gasteiger partial charge in [-0.15, -0.1) is 0 Å². The van der Waals surface area contributed by atoms with E-state index in [0.717, 1.165) is 36.0 Å². The van der Waals surface area contributed by atoms with Gasteiger partial charge >= 0.3 is 6.09 Å². The first kappa shape index (κ1) is 13.1. The van der Waals surface area contributed by atoms with Crippen LogP contribution in [0.25, 0.3) is 0 Å². The number of nitrogens with one attached hydrogen (secondary N) is 1. The molecule has 0 aromatic carbocycles. The number of anilines is 1. The van der Waals surface area contributed by atoms with Gasteiger partial charge < -0.3 is 15.8 Å². The van der Waals surface area contributed by atoms with E-state index in [4.69, 9.17) is 10.5 Å². The largest absolute Gasteiger partial charge is 0.446 e. The third kappa shape index (κ3) is 3.87. The molecule has 1 aliphatic carbocycles. The second-order valence-electron chi connectivity index (χ2n) is 4.41. The highest BCUT2D eigenvalue weighted by molar-refractivity contribution is 9.10. The van der Waals surface area contributed by atoms with Crippen LogP contribution in [0.4, 0.5) is 10.6 Å². The van der Waals surface area contributed by atoms with Gasteiger partial charge in [-0.05, 0) is 37.8 Å². The number of aromatic nitrogens is 1. The average Bonchev–Trinajstić information content (AvgIpc) is 2.31. The van der Waals surface area contributed by atoms with Crippen LogP contribution in [-0.4, -0.2) is 23.2 Å². The minimum absolute atomic E-state index is 0.0315. The molecule has 0 unspecified atom stereocenters. The van der Waals surface area contributed by atoms with Crippen LogP contribution < -0.4 is 11.1 Å². The van der Waals surface area contributed by atoms with Gasteiger partial charge in [-0.25, -0.2) is 9.78 Å². The summed E-state index contributed by atoms with van der Waals surface area (Å²) < 4.78 is 6.00. The number of primary amides is 1. The number of halogens is 1. The van der Waals surface area contributed by atoms with Crippen molar-refractivity contribution in [1.82, 2.24) is 4.98 Å². The van der Waals surface area contributed by atoms with Crippen LogP contribution in [-0.2, 0) is 4.74 Å². The Kier molecular flexibility index (Phi) is 4.41. The molecule has 1 heterocycles. The summed E-state index contributed by atoms with van der Waals surface area (Å²) in [6.07, 6.45) is 4.63. The van der Waals surface area contributed by atoms with Crippen LogP contribution in [0.2, 0.25) is 0 Å². The monoisotopic (exact) mass is 313 g/mol. The van der Waals surface area contributed by atoms with Gasteiger partial charge in [0, 0.05) is 16.7 Å². The Morgan fingerprint density at radius 1 is 1.44 bits per heavy atom. The summed E-state index contributed by atoms with van der Waals surface area (Å²) in [4.78, 5) is 14.9. The van der Waals surface area contributed by atoms with Crippen molar-refractivity contribution in [3.05, 3.63) is 22.8 Å². The molecule has 5 nitrogen and oxygen atoms in total. The smallest absolute Gasteiger partial charge is 0.404 e. The molecule has 2 rings (SSSR count). The second kappa shape index (κ2) is 6.04. The van der Waals surface area contributed by atoms with Crippen molar-refractivity contribution in [1.29, 1.82) is 0 Å².